The van der Waals surface area contributed by atoms with Gasteiger partial charge >= 0.3 is 0 Å². The Kier molecular flexibility index (Phi) is 2.76. The van der Waals surface area contributed by atoms with Crippen molar-refractivity contribution in [1.82, 2.24) is 0 Å². The van der Waals surface area contributed by atoms with Crippen molar-refractivity contribution in [2.24, 2.45) is 5.92 Å². The Hall–Kier alpha value is -1.31. The molecule has 1 unspecified atom stereocenters. The predicted molar refractivity (Wildman–Crippen MR) is 59.4 cm³/mol. The van der Waals surface area contributed by atoms with E-state index in [1.165, 1.54) is 0 Å². The molecule has 1 atom stereocenters. The summed E-state index contributed by atoms with van der Waals surface area (Å²) >= 11 is 0. The van der Waals surface area contributed by atoms with Crippen LogP contribution in [-0.2, 0) is 0 Å². The van der Waals surface area contributed by atoms with E-state index in [1.807, 2.05) is 25.1 Å². The molecule has 15 heavy (non-hydrogen) atoms. The maximum Gasteiger partial charge on any atom is 0.173 e. The fourth-order valence-electron chi connectivity index (χ4n) is 2.01. The first kappa shape index (κ1) is 10.2. The lowest BCUT2D eigenvalue weighted by Crippen LogP contribution is -2.27. The maximum absolute atomic E-state index is 12.1. The van der Waals surface area contributed by atoms with Gasteiger partial charge in [-0.15, -0.1) is 0 Å². The van der Waals surface area contributed by atoms with Crippen molar-refractivity contribution in [2.75, 3.05) is 6.61 Å². The SMILES string of the molecule is CCCC1COc2ccc(C)cc2C1=O. The number of fused-ring (bicyclic) bond motifs is 1. The zero-order valence-electron chi connectivity index (χ0n) is 9.25. The third-order valence-electron chi connectivity index (χ3n) is 2.85. The number of carbonyl (C=O) groups is 1. The summed E-state index contributed by atoms with van der Waals surface area (Å²) in [5, 5.41) is 0. The van der Waals surface area contributed by atoms with Crippen LogP contribution in [0.2, 0.25) is 0 Å². The molecule has 0 aromatic heterocycles. The van der Waals surface area contributed by atoms with Gasteiger partial charge in [0.1, 0.15) is 5.75 Å². The molecule has 2 nitrogen and oxygen atoms in total. The summed E-state index contributed by atoms with van der Waals surface area (Å²) in [4.78, 5) is 12.1. The van der Waals surface area contributed by atoms with E-state index in [4.69, 9.17) is 4.74 Å². The van der Waals surface area contributed by atoms with Crippen molar-refractivity contribution in [3.05, 3.63) is 29.3 Å². The Morgan fingerprint density at radius 3 is 3.00 bits per heavy atom. The molecule has 0 N–H and O–H groups in total. The van der Waals surface area contributed by atoms with Crippen LogP contribution in [0.15, 0.2) is 18.2 Å². The molecule has 0 fully saturated rings. The highest BCUT2D eigenvalue weighted by atomic mass is 16.5. The summed E-state index contributed by atoms with van der Waals surface area (Å²) in [6.45, 7) is 4.64. The molecule has 0 spiro atoms. The number of hydrogen-bond donors (Lipinski definition) is 0. The zero-order chi connectivity index (χ0) is 10.8. The number of ether oxygens (including phenoxy) is 1. The lowest BCUT2D eigenvalue weighted by atomic mass is 9.91. The lowest BCUT2D eigenvalue weighted by Gasteiger charge is -2.23. The van der Waals surface area contributed by atoms with Crippen LogP contribution in [0, 0.1) is 12.8 Å². The van der Waals surface area contributed by atoms with Gasteiger partial charge in [0.05, 0.1) is 18.1 Å². The molecule has 1 aliphatic heterocycles. The molecule has 1 aromatic carbocycles. The number of carbonyl (C=O) groups excluding carboxylic acids is 1. The van der Waals surface area contributed by atoms with Gasteiger partial charge in [-0.2, -0.15) is 0 Å². The smallest absolute Gasteiger partial charge is 0.173 e. The van der Waals surface area contributed by atoms with Crippen molar-refractivity contribution in [3.8, 4) is 5.75 Å². The second-order valence-corrected chi connectivity index (χ2v) is 4.16. The highest BCUT2D eigenvalue weighted by Crippen LogP contribution is 2.29. The van der Waals surface area contributed by atoms with E-state index < -0.39 is 0 Å². The molecule has 1 aromatic rings. The van der Waals surface area contributed by atoms with Crippen molar-refractivity contribution in [3.63, 3.8) is 0 Å². The number of benzene rings is 1. The highest BCUT2D eigenvalue weighted by molar-refractivity contribution is 6.01. The second-order valence-electron chi connectivity index (χ2n) is 4.16. The van der Waals surface area contributed by atoms with Crippen LogP contribution in [0.3, 0.4) is 0 Å². The van der Waals surface area contributed by atoms with Crippen LogP contribution in [0.4, 0.5) is 0 Å². The van der Waals surface area contributed by atoms with Crippen LogP contribution in [0.1, 0.15) is 35.7 Å². The summed E-state index contributed by atoms with van der Waals surface area (Å²) in [5.41, 5.74) is 1.88. The third-order valence-corrected chi connectivity index (χ3v) is 2.85. The van der Waals surface area contributed by atoms with Gasteiger partial charge in [0, 0.05) is 0 Å². The molecule has 0 aliphatic carbocycles. The van der Waals surface area contributed by atoms with Gasteiger partial charge in [0.25, 0.3) is 0 Å². The fourth-order valence-corrected chi connectivity index (χ4v) is 2.01. The molecule has 0 saturated heterocycles. The van der Waals surface area contributed by atoms with Gasteiger partial charge in [0.15, 0.2) is 5.78 Å². The summed E-state index contributed by atoms with van der Waals surface area (Å²) < 4.78 is 5.59. The average Bonchev–Trinajstić information content (AvgIpc) is 2.23. The van der Waals surface area contributed by atoms with Gasteiger partial charge < -0.3 is 4.74 Å². The predicted octanol–water partition coefficient (Wildman–Crippen LogP) is 2.99. The Balaban J connectivity index is 2.32. The quantitative estimate of drug-likeness (QED) is 0.740. The van der Waals surface area contributed by atoms with Gasteiger partial charge in [-0.1, -0.05) is 25.0 Å². The van der Waals surface area contributed by atoms with E-state index in [1.54, 1.807) is 0 Å². The zero-order valence-corrected chi connectivity index (χ0v) is 9.25. The van der Waals surface area contributed by atoms with Crippen molar-refractivity contribution in [1.29, 1.82) is 0 Å². The maximum atomic E-state index is 12.1. The number of Topliss-reactive ketones (excluding diaryl/α,β-unsaturated/α-hetero) is 1. The molecule has 2 heteroatoms. The van der Waals surface area contributed by atoms with Crippen LogP contribution in [0.5, 0.6) is 5.75 Å². The van der Waals surface area contributed by atoms with Crippen LogP contribution < -0.4 is 4.74 Å². The minimum Gasteiger partial charge on any atom is -0.492 e. The van der Waals surface area contributed by atoms with E-state index in [0.29, 0.717) is 6.61 Å². The largest absolute Gasteiger partial charge is 0.492 e. The third kappa shape index (κ3) is 1.89. The summed E-state index contributed by atoms with van der Waals surface area (Å²) in [6, 6.07) is 5.80. The summed E-state index contributed by atoms with van der Waals surface area (Å²) in [5.74, 6) is 1.06. The minimum atomic E-state index is 0.0595. The standard InChI is InChI=1S/C13H16O2/c1-3-4-10-8-15-12-6-5-9(2)7-11(12)13(10)14/h5-7,10H,3-4,8H2,1-2H3. The molecule has 0 radical (unpaired) electrons. The van der Waals surface area contributed by atoms with Gasteiger partial charge in [0.2, 0.25) is 0 Å². The first-order chi connectivity index (χ1) is 7.22. The van der Waals surface area contributed by atoms with E-state index >= 15 is 0 Å². The topological polar surface area (TPSA) is 26.3 Å². The van der Waals surface area contributed by atoms with Crippen molar-refractivity contribution >= 4 is 5.78 Å². The number of ketones is 1. The monoisotopic (exact) mass is 204 g/mol. The highest BCUT2D eigenvalue weighted by Gasteiger charge is 2.27. The van der Waals surface area contributed by atoms with Crippen LogP contribution >= 0.6 is 0 Å². The molecular formula is C13H16O2. The summed E-state index contributed by atoms with van der Waals surface area (Å²) in [6.07, 6.45) is 1.95. The minimum absolute atomic E-state index is 0.0595. The summed E-state index contributed by atoms with van der Waals surface area (Å²) in [7, 11) is 0. The van der Waals surface area contributed by atoms with Crippen molar-refractivity contribution < 1.29 is 9.53 Å². The van der Waals surface area contributed by atoms with E-state index in [2.05, 4.69) is 6.92 Å². The van der Waals surface area contributed by atoms with E-state index in [9.17, 15) is 4.79 Å². The first-order valence-electron chi connectivity index (χ1n) is 5.50. The molecule has 0 bridgehead atoms. The van der Waals surface area contributed by atoms with E-state index in [-0.39, 0.29) is 11.7 Å². The lowest BCUT2D eigenvalue weighted by molar-refractivity contribution is 0.0820. The first-order valence-corrected chi connectivity index (χ1v) is 5.50. The fraction of sp³-hybridized carbons (Fsp3) is 0.462. The normalized spacial score (nSPS) is 19.6. The van der Waals surface area contributed by atoms with Crippen LogP contribution in [0.25, 0.3) is 0 Å². The average molecular weight is 204 g/mol. The molecule has 0 saturated carbocycles. The van der Waals surface area contributed by atoms with E-state index in [0.717, 1.165) is 29.7 Å². The molecule has 0 amide bonds. The number of hydrogen-bond acceptors (Lipinski definition) is 2. The second kappa shape index (κ2) is 4.05. The Labute approximate surface area is 90.3 Å². The molecule has 80 valence electrons. The molecular weight excluding hydrogens is 188 g/mol. The van der Waals surface area contributed by atoms with Gasteiger partial charge in [-0.3, -0.25) is 4.79 Å². The Morgan fingerprint density at radius 2 is 2.27 bits per heavy atom. The Morgan fingerprint density at radius 1 is 1.47 bits per heavy atom. The van der Waals surface area contributed by atoms with Gasteiger partial charge in [-0.05, 0) is 25.5 Å². The molecule has 2 rings (SSSR count). The number of rotatable bonds is 2. The van der Waals surface area contributed by atoms with Gasteiger partial charge in [-0.25, -0.2) is 0 Å². The number of aryl methyl sites for hydroxylation is 1. The van der Waals surface area contributed by atoms with Crippen molar-refractivity contribution in [2.45, 2.75) is 26.7 Å². The molecule has 1 heterocycles. The molecule has 1 aliphatic rings. The van der Waals surface area contributed by atoms with Crippen LogP contribution in [-0.4, -0.2) is 12.4 Å². The Bertz CT molecular complexity index is 382.